The number of hydrogen-bond donors (Lipinski definition) is 0. The highest BCUT2D eigenvalue weighted by molar-refractivity contribution is 7.07. The highest BCUT2D eigenvalue weighted by Gasteiger charge is 2.29. The van der Waals surface area contributed by atoms with Crippen LogP contribution in [0.25, 0.3) is 0 Å². The van der Waals surface area contributed by atoms with E-state index in [2.05, 4.69) is 28.8 Å². The van der Waals surface area contributed by atoms with Crippen LogP contribution in [0, 0.1) is 0 Å². The lowest BCUT2D eigenvalue weighted by Crippen LogP contribution is -2.29. The lowest BCUT2D eigenvalue weighted by atomic mass is 10.1. The van der Waals surface area contributed by atoms with Crippen molar-refractivity contribution < 1.29 is 14.3 Å². The zero-order valence-corrected chi connectivity index (χ0v) is 18.9. The standard InChI is InChI=1S/C20H26N2O3S.2ClH/c1-21(9-5-15-6-10-26-14-15)7-4-8-22-13-16-11-18(24-2)19(25-3)12-17(16)20(22)23;;/h6,10-12,14H,4-5,7-9,13H2,1-3H3;2*1H. The maximum atomic E-state index is 12.6. The summed E-state index contributed by atoms with van der Waals surface area (Å²) in [4.78, 5) is 16.9. The number of nitrogens with zero attached hydrogens (tertiary/aromatic N) is 2. The van der Waals surface area contributed by atoms with Crippen LogP contribution in [0.4, 0.5) is 0 Å². The number of methoxy groups -OCH3 is 2. The predicted molar refractivity (Wildman–Crippen MR) is 119 cm³/mol. The molecule has 8 heteroatoms. The van der Waals surface area contributed by atoms with Gasteiger partial charge in [-0.1, -0.05) is 0 Å². The van der Waals surface area contributed by atoms with Crippen molar-refractivity contribution in [2.24, 2.45) is 0 Å². The Morgan fingerprint density at radius 3 is 2.50 bits per heavy atom. The first-order chi connectivity index (χ1) is 12.6. The Labute approximate surface area is 183 Å². The molecular weight excluding hydrogens is 419 g/mol. The number of rotatable bonds is 9. The minimum atomic E-state index is 0. The monoisotopic (exact) mass is 446 g/mol. The number of fused-ring (bicyclic) bond motifs is 1. The number of hydrogen-bond acceptors (Lipinski definition) is 5. The first kappa shape index (κ1) is 24.6. The van der Waals surface area contributed by atoms with Crippen LogP contribution < -0.4 is 9.47 Å². The molecule has 5 nitrogen and oxygen atoms in total. The molecule has 2 aromatic rings. The minimum Gasteiger partial charge on any atom is -0.493 e. The summed E-state index contributed by atoms with van der Waals surface area (Å²) in [5.41, 5.74) is 3.14. The highest BCUT2D eigenvalue weighted by atomic mass is 35.5. The molecule has 0 saturated heterocycles. The Hall–Kier alpha value is -1.47. The number of halogens is 2. The molecule has 0 radical (unpaired) electrons. The van der Waals surface area contributed by atoms with E-state index in [1.807, 2.05) is 11.0 Å². The molecule has 0 aliphatic carbocycles. The maximum absolute atomic E-state index is 12.6. The summed E-state index contributed by atoms with van der Waals surface area (Å²) in [7, 11) is 5.35. The van der Waals surface area contributed by atoms with Gasteiger partial charge in [0.2, 0.25) is 0 Å². The zero-order chi connectivity index (χ0) is 18.5. The summed E-state index contributed by atoms with van der Waals surface area (Å²) in [6, 6.07) is 5.89. The lowest BCUT2D eigenvalue weighted by molar-refractivity contribution is 0.0772. The van der Waals surface area contributed by atoms with Crippen LogP contribution in [0.2, 0.25) is 0 Å². The van der Waals surface area contributed by atoms with Gasteiger partial charge in [-0.3, -0.25) is 4.79 Å². The Kier molecular flexibility index (Phi) is 10.1. The Morgan fingerprint density at radius 1 is 1.14 bits per heavy atom. The first-order valence-corrected chi connectivity index (χ1v) is 9.80. The third-order valence-corrected chi connectivity index (χ3v) is 5.55. The van der Waals surface area contributed by atoms with Crippen molar-refractivity contribution in [1.82, 2.24) is 9.80 Å². The number of amides is 1. The van der Waals surface area contributed by atoms with E-state index in [4.69, 9.17) is 9.47 Å². The van der Waals surface area contributed by atoms with Crippen LogP contribution >= 0.6 is 36.2 Å². The molecule has 0 atom stereocenters. The first-order valence-electron chi connectivity index (χ1n) is 8.86. The van der Waals surface area contributed by atoms with Gasteiger partial charge in [0, 0.05) is 25.2 Å². The molecular formula is C20H28Cl2N2O3S. The average Bonchev–Trinajstić information content (AvgIpc) is 3.27. The van der Waals surface area contributed by atoms with Gasteiger partial charge in [0.1, 0.15) is 0 Å². The van der Waals surface area contributed by atoms with Crippen LogP contribution in [-0.2, 0) is 13.0 Å². The van der Waals surface area contributed by atoms with E-state index in [1.165, 1.54) is 5.56 Å². The van der Waals surface area contributed by atoms with Crippen molar-refractivity contribution in [2.45, 2.75) is 19.4 Å². The number of carbonyl (C=O) groups is 1. The van der Waals surface area contributed by atoms with Gasteiger partial charge in [-0.15, -0.1) is 24.8 Å². The summed E-state index contributed by atoms with van der Waals surface area (Å²) in [6.07, 6.45) is 2.04. The van der Waals surface area contributed by atoms with Crippen LogP contribution in [0.3, 0.4) is 0 Å². The maximum Gasteiger partial charge on any atom is 0.254 e. The van der Waals surface area contributed by atoms with Crippen LogP contribution in [0.5, 0.6) is 11.5 Å². The lowest BCUT2D eigenvalue weighted by Gasteiger charge is -2.19. The minimum absolute atomic E-state index is 0. The average molecular weight is 447 g/mol. The molecule has 28 heavy (non-hydrogen) atoms. The number of likely N-dealkylation sites (N-methyl/N-ethyl adjacent to an activating group) is 1. The summed E-state index contributed by atoms with van der Waals surface area (Å²) in [5.74, 6) is 1.37. The molecule has 0 spiro atoms. The van der Waals surface area contributed by atoms with Crippen molar-refractivity contribution in [3.8, 4) is 11.5 Å². The van der Waals surface area contributed by atoms with Gasteiger partial charge >= 0.3 is 0 Å². The summed E-state index contributed by atoms with van der Waals surface area (Å²) in [5, 5.41) is 4.33. The summed E-state index contributed by atoms with van der Waals surface area (Å²) < 4.78 is 10.7. The van der Waals surface area contributed by atoms with E-state index in [0.29, 0.717) is 18.0 Å². The molecule has 1 aliphatic heterocycles. The molecule has 2 heterocycles. The van der Waals surface area contributed by atoms with Gasteiger partial charge in [-0.2, -0.15) is 11.3 Å². The van der Waals surface area contributed by atoms with Crippen molar-refractivity contribution in [3.05, 3.63) is 45.6 Å². The van der Waals surface area contributed by atoms with Crippen molar-refractivity contribution in [1.29, 1.82) is 0 Å². The van der Waals surface area contributed by atoms with Gasteiger partial charge in [0.05, 0.1) is 14.2 Å². The van der Waals surface area contributed by atoms with Crippen LogP contribution in [0.15, 0.2) is 29.0 Å². The smallest absolute Gasteiger partial charge is 0.254 e. The highest BCUT2D eigenvalue weighted by Crippen LogP contribution is 2.34. The Bertz CT molecular complexity index is 756. The molecule has 0 N–H and O–H groups in total. The fourth-order valence-electron chi connectivity index (χ4n) is 3.28. The molecule has 3 rings (SSSR count). The zero-order valence-electron chi connectivity index (χ0n) is 16.5. The number of thiophene rings is 1. The van der Waals surface area contributed by atoms with E-state index < -0.39 is 0 Å². The van der Waals surface area contributed by atoms with Crippen LogP contribution in [0.1, 0.15) is 27.9 Å². The molecule has 156 valence electrons. The topological polar surface area (TPSA) is 42.0 Å². The van der Waals surface area contributed by atoms with Gasteiger partial charge in [-0.05, 0) is 66.5 Å². The molecule has 0 fully saturated rings. The fraction of sp³-hybridized carbons (Fsp3) is 0.450. The molecule has 0 saturated carbocycles. The number of ether oxygens (including phenoxy) is 2. The quantitative estimate of drug-likeness (QED) is 0.580. The van der Waals surface area contributed by atoms with Crippen molar-refractivity contribution in [2.75, 3.05) is 40.9 Å². The van der Waals surface area contributed by atoms with E-state index in [0.717, 1.165) is 43.6 Å². The largest absolute Gasteiger partial charge is 0.493 e. The van der Waals surface area contributed by atoms with Gasteiger partial charge in [0.15, 0.2) is 11.5 Å². The number of carbonyl (C=O) groups excluding carboxylic acids is 1. The third-order valence-electron chi connectivity index (χ3n) is 4.82. The second kappa shape index (κ2) is 11.5. The molecule has 1 aliphatic rings. The second-order valence-corrected chi connectivity index (χ2v) is 7.41. The van der Waals surface area contributed by atoms with E-state index in [-0.39, 0.29) is 30.7 Å². The Morgan fingerprint density at radius 2 is 1.86 bits per heavy atom. The Balaban J connectivity index is 0.00000196. The van der Waals surface area contributed by atoms with E-state index in [1.54, 1.807) is 31.6 Å². The predicted octanol–water partition coefficient (Wildman–Crippen LogP) is 4.13. The molecule has 0 bridgehead atoms. The van der Waals surface area contributed by atoms with E-state index >= 15 is 0 Å². The van der Waals surface area contributed by atoms with Gasteiger partial charge in [-0.25, -0.2) is 0 Å². The fourth-order valence-corrected chi connectivity index (χ4v) is 3.98. The molecule has 1 aromatic heterocycles. The number of benzene rings is 1. The summed E-state index contributed by atoms with van der Waals surface area (Å²) >= 11 is 1.74. The molecule has 1 aromatic carbocycles. The third kappa shape index (κ3) is 5.77. The van der Waals surface area contributed by atoms with E-state index in [9.17, 15) is 4.79 Å². The van der Waals surface area contributed by atoms with Crippen LogP contribution in [-0.4, -0.2) is 56.6 Å². The van der Waals surface area contributed by atoms with Crippen molar-refractivity contribution in [3.63, 3.8) is 0 Å². The van der Waals surface area contributed by atoms with Crippen molar-refractivity contribution >= 4 is 42.1 Å². The summed E-state index contributed by atoms with van der Waals surface area (Å²) in [6.45, 7) is 3.43. The normalized spacial score (nSPS) is 12.4. The molecule has 0 unspecified atom stereocenters. The van der Waals surface area contributed by atoms with Gasteiger partial charge in [0.25, 0.3) is 5.91 Å². The SMILES string of the molecule is COc1cc2c(cc1OC)C(=O)N(CCCN(C)CCc1ccsc1)C2.Cl.Cl. The molecule has 1 amide bonds. The van der Waals surface area contributed by atoms with Gasteiger partial charge < -0.3 is 19.3 Å². The second-order valence-electron chi connectivity index (χ2n) is 6.63.